The third kappa shape index (κ3) is 4.35. The third-order valence-electron chi connectivity index (χ3n) is 5.73. The van der Waals surface area contributed by atoms with Gasteiger partial charge in [-0.05, 0) is 57.4 Å². The molecule has 5 heteroatoms. The van der Waals surface area contributed by atoms with E-state index in [2.05, 4.69) is 18.7 Å². The lowest BCUT2D eigenvalue weighted by Crippen LogP contribution is -2.02. The number of phenolic OH excluding ortho intramolecular Hbond substituents is 2. The van der Waals surface area contributed by atoms with Gasteiger partial charge >= 0.3 is 0 Å². The minimum atomic E-state index is -0.0562. The zero-order valence-corrected chi connectivity index (χ0v) is 19.3. The monoisotopic (exact) mass is 437 g/mol. The molecule has 0 aliphatic heterocycles. The molecule has 4 rings (SSSR count). The Morgan fingerprint density at radius 3 is 1.61 bits per heavy atom. The molecule has 0 aliphatic rings. The Kier molecular flexibility index (Phi) is 5.97. The molecule has 0 saturated heterocycles. The van der Waals surface area contributed by atoms with Crippen LogP contribution < -0.4 is 0 Å². The minimum absolute atomic E-state index is 0.00871. The van der Waals surface area contributed by atoms with Crippen LogP contribution in [0.4, 0.5) is 0 Å². The predicted molar refractivity (Wildman–Crippen MR) is 132 cm³/mol. The van der Waals surface area contributed by atoms with Crippen LogP contribution in [0, 0.1) is 27.7 Å². The van der Waals surface area contributed by atoms with E-state index < -0.39 is 0 Å². The van der Waals surface area contributed by atoms with Crippen LogP contribution in [0.15, 0.2) is 61.2 Å². The van der Waals surface area contributed by atoms with Crippen molar-refractivity contribution in [2.24, 2.45) is 0 Å². The van der Waals surface area contributed by atoms with Crippen molar-refractivity contribution in [3.05, 3.63) is 89.0 Å². The lowest BCUT2D eigenvalue weighted by Gasteiger charge is -2.14. The first kappa shape index (κ1) is 22.2. The topological polar surface area (TPSA) is 79.1 Å². The summed E-state index contributed by atoms with van der Waals surface area (Å²) in [5.41, 5.74) is 7.06. The van der Waals surface area contributed by atoms with Crippen LogP contribution in [-0.4, -0.2) is 25.2 Å². The maximum atomic E-state index is 11.0. The highest BCUT2D eigenvalue weighted by molar-refractivity contribution is 5.74. The molecule has 0 aliphatic carbocycles. The maximum absolute atomic E-state index is 11.0. The van der Waals surface area contributed by atoms with Gasteiger partial charge in [-0.3, -0.25) is 0 Å². The summed E-state index contributed by atoms with van der Waals surface area (Å²) in [6.07, 6.45) is 1.96. The summed E-state index contributed by atoms with van der Waals surface area (Å²) in [4.78, 5) is 14.3. The van der Waals surface area contributed by atoms with Gasteiger partial charge in [-0.1, -0.05) is 53.6 Å². The molecule has 1 aromatic heterocycles. The van der Waals surface area contributed by atoms with Crippen LogP contribution >= 0.6 is 0 Å². The van der Waals surface area contributed by atoms with E-state index in [9.17, 15) is 10.2 Å². The molecular formula is C28H27N3O2. The lowest BCUT2D eigenvalue weighted by molar-refractivity contribution is 0.442. The van der Waals surface area contributed by atoms with Crippen molar-refractivity contribution < 1.29 is 10.2 Å². The number of phenols is 2. The number of hydrogen-bond donors (Lipinski definition) is 2. The molecule has 0 fully saturated rings. The lowest BCUT2D eigenvalue weighted by atomic mass is 10.0. The molecule has 0 radical (unpaired) electrons. The van der Waals surface area contributed by atoms with Crippen molar-refractivity contribution in [3.63, 3.8) is 0 Å². The van der Waals surface area contributed by atoms with E-state index >= 15 is 0 Å². The maximum Gasteiger partial charge on any atom is 0.167 e. The van der Waals surface area contributed by atoms with Crippen molar-refractivity contribution >= 4 is 0 Å². The molecule has 0 bridgehead atoms. The number of aromatic nitrogens is 3. The summed E-state index contributed by atoms with van der Waals surface area (Å²) in [6.45, 7) is 11.9. The highest BCUT2D eigenvalue weighted by atomic mass is 16.3. The normalized spacial score (nSPS) is 10.9. The highest BCUT2D eigenvalue weighted by Crippen LogP contribution is 2.37. The molecule has 166 valence electrons. The van der Waals surface area contributed by atoms with Gasteiger partial charge in [0.1, 0.15) is 11.5 Å². The molecule has 0 atom stereocenters. The molecule has 3 aromatic carbocycles. The van der Waals surface area contributed by atoms with Crippen molar-refractivity contribution in [2.45, 2.75) is 34.1 Å². The Morgan fingerprint density at radius 2 is 1.15 bits per heavy atom. The first-order chi connectivity index (χ1) is 15.8. The van der Waals surface area contributed by atoms with Crippen LogP contribution in [0.3, 0.4) is 0 Å². The Balaban J connectivity index is 2.00. The summed E-state index contributed by atoms with van der Waals surface area (Å²) in [5.74, 6) is 1.36. The summed E-state index contributed by atoms with van der Waals surface area (Å²) in [7, 11) is 0. The number of allylic oxidation sites excluding steroid dienone is 1. The molecule has 1 heterocycles. The second-order valence-corrected chi connectivity index (χ2v) is 8.40. The molecule has 0 spiro atoms. The Bertz CT molecular complexity index is 1310. The largest absolute Gasteiger partial charge is 0.508 e. The second-order valence-electron chi connectivity index (χ2n) is 8.40. The predicted octanol–water partition coefficient (Wildman–Crippen LogP) is 6.25. The van der Waals surface area contributed by atoms with Gasteiger partial charge in [0, 0.05) is 16.7 Å². The number of benzene rings is 3. The molecule has 2 N–H and O–H groups in total. The SMILES string of the molecule is C=CCc1c(O)ccc(-c2nc(-c3ccc(C)cc3C)nc(-c3ccc(C)cc3C)n2)c1O. The van der Waals surface area contributed by atoms with Crippen LogP contribution in [0.1, 0.15) is 27.8 Å². The minimum Gasteiger partial charge on any atom is -0.508 e. The number of nitrogens with zero attached hydrogens (tertiary/aromatic N) is 3. The molecule has 33 heavy (non-hydrogen) atoms. The fourth-order valence-corrected chi connectivity index (χ4v) is 4.02. The fraction of sp³-hybridized carbons (Fsp3) is 0.179. The Morgan fingerprint density at radius 1 is 0.697 bits per heavy atom. The van der Waals surface area contributed by atoms with E-state index in [0.717, 1.165) is 33.4 Å². The van der Waals surface area contributed by atoms with E-state index in [1.165, 1.54) is 0 Å². The summed E-state index contributed by atoms with van der Waals surface area (Å²) < 4.78 is 0. The van der Waals surface area contributed by atoms with E-state index in [1.54, 1.807) is 18.2 Å². The fourth-order valence-electron chi connectivity index (χ4n) is 4.02. The van der Waals surface area contributed by atoms with Gasteiger partial charge in [-0.15, -0.1) is 6.58 Å². The van der Waals surface area contributed by atoms with Crippen LogP contribution in [-0.2, 0) is 6.42 Å². The van der Waals surface area contributed by atoms with Gasteiger partial charge < -0.3 is 10.2 Å². The second kappa shape index (κ2) is 8.87. The van der Waals surface area contributed by atoms with E-state index in [0.29, 0.717) is 35.0 Å². The van der Waals surface area contributed by atoms with Crippen molar-refractivity contribution in [3.8, 4) is 45.7 Å². The van der Waals surface area contributed by atoms with Gasteiger partial charge in [0.25, 0.3) is 0 Å². The molecule has 5 nitrogen and oxygen atoms in total. The van der Waals surface area contributed by atoms with Crippen LogP contribution in [0.2, 0.25) is 0 Å². The standard InChI is InChI=1S/C28H27N3O2/c1-6-7-22-24(32)13-12-23(25(22)33)28-30-26(20-10-8-16(2)14-18(20)4)29-27(31-28)21-11-9-17(3)15-19(21)5/h6,8-15,32-33H,1,7H2,2-5H3. The van der Waals surface area contributed by atoms with Crippen LogP contribution in [0.25, 0.3) is 34.2 Å². The first-order valence-corrected chi connectivity index (χ1v) is 10.8. The average Bonchev–Trinajstić information content (AvgIpc) is 2.76. The molecule has 4 aromatic rings. The van der Waals surface area contributed by atoms with Crippen molar-refractivity contribution in [2.75, 3.05) is 0 Å². The number of aromatic hydroxyl groups is 2. The van der Waals surface area contributed by atoms with Gasteiger partial charge in [0.15, 0.2) is 17.5 Å². The first-order valence-electron chi connectivity index (χ1n) is 10.8. The third-order valence-corrected chi connectivity index (χ3v) is 5.73. The molecule has 0 saturated carbocycles. The van der Waals surface area contributed by atoms with E-state index in [1.807, 2.05) is 52.0 Å². The summed E-state index contributed by atoms with van der Waals surface area (Å²) in [6, 6.07) is 15.4. The zero-order chi connectivity index (χ0) is 23.7. The average molecular weight is 438 g/mol. The van der Waals surface area contributed by atoms with E-state index in [4.69, 9.17) is 15.0 Å². The number of aryl methyl sites for hydroxylation is 4. The number of hydrogen-bond acceptors (Lipinski definition) is 5. The van der Waals surface area contributed by atoms with Gasteiger partial charge in [-0.2, -0.15) is 0 Å². The number of rotatable bonds is 5. The van der Waals surface area contributed by atoms with Gasteiger partial charge in [0.05, 0.1) is 5.56 Å². The van der Waals surface area contributed by atoms with Crippen molar-refractivity contribution in [1.29, 1.82) is 0 Å². The summed E-state index contributed by atoms with van der Waals surface area (Å²) in [5, 5.41) is 21.2. The molecule has 0 amide bonds. The highest BCUT2D eigenvalue weighted by Gasteiger charge is 2.19. The van der Waals surface area contributed by atoms with Crippen molar-refractivity contribution in [1.82, 2.24) is 15.0 Å². The Hall–Kier alpha value is -3.99. The zero-order valence-electron chi connectivity index (χ0n) is 19.3. The Labute approximate surface area is 194 Å². The van der Waals surface area contributed by atoms with E-state index in [-0.39, 0.29) is 11.5 Å². The van der Waals surface area contributed by atoms with Crippen LogP contribution in [0.5, 0.6) is 11.5 Å². The quantitative estimate of drug-likeness (QED) is 0.361. The molecule has 0 unspecified atom stereocenters. The van der Waals surface area contributed by atoms with Gasteiger partial charge in [-0.25, -0.2) is 15.0 Å². The molecular weight excluding hydrogens is 410 g/mol. The smallest absolute Gasteiger partial charge is 0.167 e. The van der Waals surface area contributed by atoms with Gasteiger partial charge in [0.2, 0.25) is 0 Å². The summed E-state index contributed by atoms with van der Waals surface area (Å²) >= 11 is 0.